The van der Waals surface area contributed by atoms with Crippen molar-refractivity contribution in [1.29, 1.82) is 0 Å². The lowest BCUT2D eigenvalue weighted by molar-refractivity contribution is -0.147. The fourth-order valence-electron chi connectivity index (χ4n) is 2.48. The van der Waals surface area contributed by atoms with Crippen molar-refractivity contribution in [3.63, 3.8) is 0 Å². The van der Waals surface area contributed by atoms with E-state index in [-0.39, 0.29) is 18.9 Å². The number of hydrogen-bond donors (Lipinski definition) is 3. The van der Waals surface area contributed by atoms with Gasteiger partial charge in [0.15, 0.2) is 0 Å². The monoisotopic (exact) mass is 256 g/mol. The van der Waals surface area contributed by atoms with E-state index in [1.807, 2.05) is 18.7 Å². The van der Waals surface area contributed by atoms with Crippen LogP contribution in [0.15, 0.2) is 0 Å². The maximum atomic E-state index is 11.5. The first-order valence-electron chi connectivity index (χ1n) is 5.87. The minimum Gasteiger partial charge on any atom is -0.369 e. The maximum absolute atomic E-state index is 11.5. The lowest BCUT2D eigenvalue weighted by Crippen LogP contribution is -2.61. The molecular weight excluding hydrogens is 236 g/mol. The van der Waals surface area contributed by atoms with Crippen LogP contribution in [0.2, 0.25) is 0 Å². The third-order valence-electron chi connectivity index (χ3n) is 3.67. The van der Waals surface area contributed by atoms with E-state index in [0.717, 1.165) is 0 Å². The van der Waals surface area contributed by atoms with E-state index >= 15 is 0 Å². The van der Waals surface area contributed by atoms with Crippen molar-refractivity contribution < 1.29 is 14.4 Å². The Morgan fingerprint density at radius 2 is 1.67 bits per heavy atom. The van der Waals surface area contributed by atoms with Crippen LogP contribution in [0.4, 0.5) is 0 Å². The molecule has 6 N–H and O–H groups in total. The van der Waals surface area contributed by atoms with E-state index in [1.54, 1.807) is 0 Å². The summed E-state index contributed by atoms with van der Waals surface area (Å²) in [7, 11) is 0. The molecule has 1 saturated heterocycles. The largest absolute Gasteiger partial charge is 0.369 e. The predicted molar refractivity (Wildman–Crippen MR) is 64.9 cm³/mol. The van der Waals surface area contributed by atoms with Crippen molar-refractivity contribution in [3.05, 3.63) is 0 Å². The number of nitrogens with zero attached hydrogens (tertiary/aromatic N) is 1. The minimum atomic E-state index is -1.47. The summed E-state index contributed by atoms with van der Waals surface area (Å²) in [6.45, 7) is 4.21. The van der Waals surface area contributed by atoms with E-state index in [4.69, 9.17) is 17.2 Å². The molecule has 0 aromatic carbocycles. The number of carbonyl (C=O) groups excluding carboxylic acids is 3. The molecule has 1 atom stereocenters. The highest BCUT2D eigenvalue weighted by atomic mass is 16.2. The predicted octanol–water partition coefficient (Wildman–Crippen LogP) is -1.70. The molecule has 0 bridgehead atoms. The zero-order chi connectivity index (χ0) is 14.1. The lowest BCUT2D eigenvalue weighted by Gasteiger charge is -2.43. The molecule has 0 radical (unpaired) electrons. The highest BCUT2D eigenvalue weighted by Gasteiger charge is 2.50. The molecule has 1 aliphatic heterocycles. The molecule has 0 spiro atoms. The van der Waals surface area contributed by atoms with Gasteiger partial charge in [0, 0.05) is 12.6 Å². The van der Waals surface area contributed by atoms with Gasteiger partial charge in [-0.05, 0) is 26.7 Å². The van der Waals surface area contributed by atoms with E-state index < -0.39 is 29.2 Å². The molecule has 1 fully saturated rings. The van der Waals surface area contributed by atoms with Gasteiger partial charge in [0.2, 0.25) is 17.7 Å². The Balaban J connectivity index is 3.08. The Bertz CT molecular complexity index is 366. The topological polar surface area (TPSA) is 133 Å². The first kappa shape index (κ1) is 14.4. The van der Waals surface area contributed by atoms with Gasteiger partial charge in [0.1, 0.15) is 5.41 Å². The van der Waals surface area contributed by atoms with Gasteiger partial charge >= 0.3 is 0 Å². The first-order chi connectivity index (χ1) is 8.22. The standard InChI is InChI=1S/C11H20N4O3/c1-6(2)15-4-3-11(9(13)17,10(14)18)5-7(15)8(12)16/h6-7H,3-5H2,1-2H3,(H2,12,16)(H2,13,17)(H2,14,18). The second kappa shape index (κ2) is 4.93. The van der Waals surface area contributed by atoms with Crippen molar-refractivity contribution in [2.24, 2.45) is 22.6 Å². The van der Waals surface area contributed by atoms with Gasteiger partial charge in [-0.15, -0.1) is 0 Å². The normalized spacial score (nSPS) is 23.8. The van der Waals surface area contributed by atoms with Crippen LogP contribution in [0.3, 0.4) is 0 Å². The van der Waals surface area contributed by atoms with Gasteiger partial charge in [0.25, 0.3) is 0 Å². The molecule has 7 heteroatoms. The molecule has 1 aliphatic rings. The van der Waals surface area contributed by atoms with Gasteiger partial charge in [-0.25, -0.2) is 0 Å². The number of carbonyl (C=O) groups is 3. The smallest absolute Gasteiger partial charge is 0.234 e. The molecule has 0 aromatic rings. The number of amides is 3. The second-order valence-electron chi connectivity index (χ2n) is 5.01. The zero-order valence-electron chi connectivity index (χ0n) is 10.7. The zero-order valence-corrected chi connectivity index (χ0v) is 10.7. The molecule has 0 aromatic heterocycles. The van der Waals surface area contributed by atoms with Gasteiger partial charge in [-0.1, -0.05) is 0 Å². The Labute approximate surface area is 106 Å². The summed E-state index contributed by atoms with van der Waals surface area (Å²) in [5, 5.41) is 0. The SMILES string of the molecule is CC(C)N1CCC(C(N)=O)(C(N)=O)CC1C(N)=O. The van der Waals surface area contributed by atoms with Crippen LogP contribution in [0.1, 0.15) is 26.7 Å². The minimum absolute atomic E-state index is 0.0365. The quantitative estimate of drug-likeness (QED) is 0.517. The van der Waals surface area contributed by atoms with Crippen LogP contribution in [0, 0.1) is 5.41 Å². The maximum Gasteiger partial charge on any atom is 0.234 e. The van der Waals surface area contributed by atoms with E-state index in [9.17, 15) is 14.4 Å². The third-order valence-corrected chi connectivity index (χ3v) is 3.67. The summed E-state index contributed by atoms with van der Waals surface area (Å²) in [5.41, 5.74) is 14.4. The van der Waals surface area contributed by atoms with Crippen LogP contribution < -0.4 is 17.2 Å². The number of primary amides is 3. The highest BCUT2D eigenvalue weighted by molar-refractivity contribution is 6.04. The molecule has 18 heavy (non-hydrogen) atoms. The highest BCUT2D eigenvalue weighted by Crippen LogP contribution is 2.35. The molecular formula is C11H20N4O3. The molecule has 1 unspecified atom stereocenters. The first-order valence-corrected chi connectivity index (χ1v) is 5.87. The van der Waals surface area contributed by atoms with Crippen LogP contribution in [0.5, 0.6) is 0 Å². The molecule has 102 valence electrons. The van der Waals surface area contributed by atoms with E-state index in [0.29, 0.717) is 6.54 Å². The van der Waals surface area contributed by atoms with Crippen LogP contribution >= 0.6 is 0 Å². The van der Waals surface area contributed by atoms with Gasteiger partial charge in [0.05, 0.1) is 6.04 Å². The van der Waals surface area contributed by atoms with Crippen molar-refractivity contribution >= 4 is 17.7 Å². The molecule has 7 nitrogen and oxygen atoms in total. The summed E-state index contributed by atoms with van der Waals surface area (Å²) in [5.74, 6) is -2.15. The average molecular weight is 256 g/mol. The van der Waals surface area contributed by atoms with Gasteiger partial charge < -0.3 is 17.2 Å². The average Bonchev–Trinajstić information content (AvgIpc) is 2.27. The number of hydrogen-bond acceptors (Lipinski definition) is 4. The van der Waals surface area contributed by atoms with Crippen LogP contribution in [-0.2, 0) is 14.4 Å². The van der Waals surface area contributed by atoms with Gasteiger partial charge in [-0.3, -0.25) is 19.3 Å². The summed E-state index contributed by atoms with van der Waals surface area (Å²) >= 11 is 0. The van der Waals surface area contributed by atoms with Crippen molar-refractivity contribution in [1.82, 2.24) is 4.90 Å². The third kappa shape index (κ3) is 2.31. The number of piperidine rings is 1. The number of nitrogens with two attached hydrogens (primary N) is 3. The molecule has 0 aliphatic carbocycles. The van der Waals surface area contributed by atoms with Crippen molar-refractivity contribution in [3.8, 4) is 0 Å². The van der Waals surface area contributed by atoms with E-state index in [2.05, 4.69) is 0 Å². The second-order valence-corrected chi connectivity index (χ2v) is 5.01. The Morgan fingerprint density at radius 1 is 1.17 bits per heavy atom. The molecule has 1 heterocycles. The Kier molecular flexibility index (Phi) is 3.95. The summed E-state index contributed by atoms with van der Waals surface area (Å²) in [6.07, 6.45) is 0.185. The number of rotatable bonds is 4. The summed E-state index contributed by atoms with van der Waals surface area (Å²) in [6, 6.07) is -0.611. The summed E-state index contributed by atoms with van der Waals surface area (Å²) < 4.78 is 0. The number of likely N-dealkylation sites (tertiary alicyclic amines) is 1. The van der Waals surface area contributed by atoms with E-state index in [1.165, 1.54) is 0 Å². The molecule has 1 rings (SSSR count). The van der Waals surface area contributed by atoms with Crippen molar-refractivity contribution in [2.45, 2.75) is 38.8 Å². The fourth-order valence-corrected chi connectivity index (χ4v) is 2.48. The fraction of sp³-hybridized carbons (Fsp3) is 0.727. The molecule has 0 saturated carbocycles. The Morgan fingerprint density at radius 3 is 2.00 bits per heavy atom. The van der Waals surface area contributed by atoms with Gasteiger partial charge in [-0.2, -0.15) is 0 Å². The van der Waals surface area contributed by atoms with Crippen molar-refractivity contribution in [2.75, 3.05) is 6.54 Å². The molecule has 3 amide bonds. The van der Waals surface area contributed by atoms with Crippen LogP contribution in [0.25, 0.3) is 0 Å². The lowest BCUT2D eigenvalue weighted by atomic mass is 9.73. The Hall–Kier alpha value is -1.63. The van der Waals surface area contributed by atoms with Crippen LogP contribution in [-0.4, -0.2) is 41.2 Å². The summed E-state index contributed by atoms with van der Waals surface area (Å²) in [4.78, 5) is 36.4.